The average Bonchev–Trinajstić information content (AvgIpc) is 2.39. The van der Waals surface area contributed by atoms with E-state index < -0.39 is 5.60 Å². The Morgan fingerprint density at radius 1 is 1.16 bits per heavy atom. The molecule has 0 heterocycles. The van der Waals surface area contributed by atoms with Gasteiger partial charge in [-0.25, -0.2) is 0 Å². The molecule has 0 saturated heterocycles. The van der Waals surface area contributed by atoms with Gasteiger partial charge in [-0.15, -0.1) is 0 Å². The highest BCUT2D eigenvalue weighted by molar-refractivity contribution is 5.27. The fraction of sp³-hybridized carbons (Fsp3) is 0.625. The predicted octanol–water partition coefficient (Wildman–Crippen LogP) is 2.77. The summed E-state index contributed by atoms with van der Waals surface area (Å²) in [5, 5.41) is 13.4. The van der Waals surface area contributed by atoms with Crippen LogP contribution in [0.1, 0.15) is 39.2 Å². The van der Waals surface area contributed by atoms with Gasteiger partial charge in [0, 0.05) is 6.54 Å². The van der Waals surface area contributed by atoms with Crippen LogP contribution in [0.2, 0.25) is 0 Å². The second kappa shape index (κ2) is 8.18. The van der Waals surface area contributed by atoms with Crippen LogP contribution in [0.3, 0.4) is 0 Å². The summed E-state index contributed by atoms with van der Waals surface area (Å²) in [5.74, 6) is 0.815. The lowest BCUT2D eigenvalue weighted by atomic mass is 10.1. The number of aliphatic hydroxyl groups is 1. The molecule has 2 N–H and O–H groups in total. The lowest BCUT2D eigenvalue weighted by Crippen LogP contribution is -2.43. The monoisotopic (exact) mass is 265 g/mol. The third kappa shape index (κ3) is 6.60. The van der Waals surface area contributed by atoms with E-state index in [9.17, 15) is 5.11 Å². The molecule has 108 valence electrons. The van der Waals surface area contributed by atoms with E-state index in [1.807, 2.05) is 12.1 Å². The SMILES string of the molecule is CCCNCC(C)(O)COc1ccc(CCC)cc1. The minimum absolute atomic E-state index is 0.302. The highest BCUT2D eigenvalue weighted by Crippen LogP contribution is 2.15. The molecule has 1 aromatic carbocycles. The van der Waals surface area contributed by atoms with Crippen LogP contribution in [-0.4, -0.2) is 30.4 Å². The van der Waals surface area contributed by atoms with Crippen molar-refractivity contribution in [2.75, 3.05) is 19.7 Å². The number of hydrogen-bond acceptors (Lipinski definition) is 3. The van der Waals surface area contributed by atoms with E-state index in [0.29, 0.717) is 13.2 Å². The molecule has 1 aromatic rings. The van der Waals surface area contributed by atoms with Crippen molar-refractivity contribution in [1.29, 1.82) is 0 Å². The van der Waals surface area contributed by atoms with Gasteiger partial charge in [0.15, 0.2) is 0 Å². The van der Waals surface area contributed by atoms with Crippen LogP contribution in [0, 0.1) is 0 Å². The van der Waals surface area contributed by atoms with E-state index in [1.165, 1.54) is 5.56 Å². The maximum atomic E-state index is 10.2. The van der Waals surface area contributed by atoms with Crippen molar-refractivity contribution >= 4 is 0 Å². The summed E-state index contributed by atoms with van der Waals surface area (Å²) in [7, 11) is 0. The van der Waals surface area contributed by atoms with Crippen LogP contribution in [0.15, 0.2) is 24.3 Å². The van der Waals surface area contributed by atoms with Crippen molar-refractivity contribution in [3.8, 4) is 5.75 Å². The van der Waals surface area contributed by atoms with E-state index >= 15 is 0 Å². The third-order valence-corrected chi connectivity index (χ3v) is 2.94. The van der Waals surface area contributed by atoms with Gasteiger partial charge in [0.2, 0.25) is 0 Å². The highest BCUT2D eigenvalue weighted by Gasteiger charge is 2.20. The zero-order chi connectivity index (χ0) is 14.1. The van der Waals surface area contributed by atoms with Gasteiger partial charge in [-0.3, -0.25) is 0 Å². The fourth-order valence-corrected chi connectivity index (χ4v) is 1.87. The maximum Gasteiger partial charge on any atom is 0.119 e. The first-order valence-electron chi connectivity index (χ1n) is 7.22. The lowest BCUT2D eigenvalue weighted by Gasteiger charge is -2.24. The Morgan fingerprint density at radius 2 is 1.84 bits per heavy atom. The molecule has 0 aromatic heterocycles. The zero-order valence-electron chi connectivity index (χ0n) is 12.4. The Kier molecular flexibility index (Phi) is 6.89. The summed E-state index contributed by atoms with van der Waals surface area (Å²) in [6.45, 7) is 7.84. The highest BCUT2D eigenvalue weighted by atomic mass is 16.5. The minimum atomic E-state index is -0.836. The summed E-state index contributed by atoms with van der Waals surface area (Å²) in [6.07, 6.45) is 3.31. The van der Waals surface area contributed by atoms with Gasteiger partial charge in [0.25, 0.3) is 0 Å². The topological polar surface area (TPSA) is 41.5 Å². The Balaban J connectivity index is 2.38. The Bertz CT molecular complexity index is 346. The third-order valence-electron chi connectivity index (χ3n) is 2.94. The first-order chi connectivity index (χ1) is 9.07. The van der Waals surface area contributed by atoms with Gasteiger partial charge in [-0.05, 0) is 44.0 Å². The molecular formula is C16H27NO2. The second-order valence-electron chi connectivity index (χ2n) is 5.36. The first-order valence-corrected chi connectivity index (χ1v) is 7.22. The van der Waals surface area contributed by atoms with Gasteiger partial charge < -0.3 is 15.2 Å². The Morgan fingerprint density at radius 3 is 2.42 bits per heavy atom. The molecule has 0 bridgehead atoms. The van der Waals surface area contributed by atoms with Crippen molar-refractivity contribution in [2.45, 2.75) is 45.6 Å². The van der Waals surface area contributed by atoms with E-state index in [1.54, 1.807) is 6.92 Å². The predicted molar refractivity (Wildman–Crippen MR) is 79.7 cm³/mol. The van der Waals surface area contributed by atoms with Crippen LogP contribution >= 0.6 is 0 Å². The standard InChI is InChI=1S/C16H27NO2/c1-4-6-14-7-9-15(10-8-14)19-13-16(3,18)12-17-11-5-2/h7-10,17-18H,4-6,11-13H2,1-3H3. The van der Waals surface area contributed by atoms with E-state index in [2.05, 4.69) is 31.3 Å². The summed E-state index contributed by atoms with van der Waals surface area (Å²) in [6, 6.07) is 8.12. The van der Waals surface area contributed by atoms with Crippen LogP contribution in [0.5, 0.6) is 5.75 Å². The summed E-state index contributed by atoms with van der Waals surface area (Å²) >= 11 is 0. The fourth-order valence-electron chi connectivity index (χ4n) is 1.87. The minimum Gasteiger partial charge on any atom is -0.491 e. The molecule has 3 nitrogen and oxygen atoms in total. The first kappa shape index (κ1) is 16.0. The van der Waals surface area contributed by atoms with Gasteiger partial charge >= 0.3 is 0 Å². The molecule has 0 fully saturated rings. The molecule has 0 amide bonds. The summed E-state index contributed by atoms with van der Waals surface area (Å²) in [5.41, 5.74) is 0.489. The molecule has 0 aliphatic heterocycles. The van der Waals surface area contributed by atoms with E-state index in [0.717, 1.165) is 31.6 Å². The van der Waals surface area contributed by atoms with E-state index in [-0.39, 0.29) is 0 Å². The molecule has 0 spiro atoms. The number of ether oxygens (including phenoxy) is 1. The van der Waals surface area contributed by atoms with E-state index in [4.69, 9.17) is 4.74 Å². The van der Waals surface area contributed by atoms with Crippen LogP contribution in [0.25, 0.3) is 0 Å². The smallest absolute Gasteiger partial charge is 0.119 e. The largest absolute Gasteiger partial charge is 0.491 e. The second-order valence-corrected chi connectivity index (χ2v) is 5.36. The average molecular weight is 265 g/mol. The van der Waals surface area contributed by atoms with Crippen molar-refractivity contribution < 1.29 is 9.84 Å². The van der Waals surface area contributed by atoms with Gasteiger partial charge in [0.05, 0.1) is 0 Å². The van der Waals surface area contributed by atoms with Crippen LogP contribution in [-0.2, 0) is 6.42 Å². The molecular weight excluding hydrogens is 238 g/mol. The van der Waals surface area contributed by atoms with Gasteiger partial charge in [-0.1, -0.05) is 32.4 Å². The molecule has 0 aliphatic rings. The van der Waals surface area contributed by atoms with Gasteiger partial charge in [-0.2, -0.15) is 0 Å². The normalized spacial score (nSPS) is 14.1. The molecule has 1 unspecified atom stereocenters. The van der Waals surface area contributed by atoms with Gasteiger partial charge in [0.1, 0.15) is 18.0 Å². The lowest BCUT2D eigenvalue weighted by molar-refractivity contribution is 0.0125. The zero-order valence-corrected chi connectivity index (χ0v) is 12.4. The number of benzene rings is 1. The quantitative estimate of drug-likeness (QED) is 0.675. The molecule has 1 rings (SSSR count). The Labute approximate surface area is 117 Å². The molecule has 0 radical (unpaired) electrons. The molecule has 0 saturated carbocycles. The van der Waals surface area contributed by atoms with Crippen molar-refractivity contribution in [3.05, 3.63) is 29.8 Å². The number of nitrogens with one attached hydrogen (secondary N) is 1. The van der Waals surface area contributed by atoms with Crippen LogP contribution < -0.4 is 10.1 Å². The Hall–Kier alpha value is -1.06. The summed E-state index contributed by atoms with van der Waals surface area (Å²) < 4.78 is 5.64. The molecule has 0 aliphatic carbocycles. The number of hydrogen-bond donors (Lipinski definition) is 2. The van der Waals surface area contributed by atoms with Crippen molar-refractivity contribution in [3.63, 3.8) is 0 Å². The van der Waals surface area contributed by atoms with Crippen LogP contribution in [0.4, 0.5) is 0 Å². The molecule has 19 heavy (non-hydrogen) atoms. The van der Waals surface area contributed by atoms with Crippen molar-refractivity contribution in [2.24, 2.45) is 0 Å². The number of rotatable bonds is 9. The summed E-state index contributed by atoms with van der Waals surface area (Å²) in [4.78, 5) is 0. The maximum absolute atomic E-state index is 10.2. The number of aryl methyl sites for hydroxylation is 1. The molecule has 1 atom stereocenters. The molecule has 3 heteroatoms. The van der Waals surface area contributed by atoms with Crippen molar-refractivity contribution in [1.82, 2.24) is 5.32 Å².